The number of halogens is 1. The number of rotatable bonds is 3. The Morgan fingerprint density at radius 1 is 1.71 bits per heavy atom. The van der Waals surface area contributed by atoms with Crippen molar-refractivity contribution in [3.8, 4) is 0 Å². The van der Waals surface area contributed by atoms with Gasteiger partial charge in [-0.3, -0.25) is 4.79 Å². The summed E-state index contributed by atoms with van der Waals surface area (Å²) >= 11 is 5.87. The summed E-state index contributed by atoms with van der Waals surface area (Å²) in [6, 6.07) is 1.61. The number of nitrogens with zero attached hydrogens (tertiary/aromatic N) is 1. The lowest BCUT2D eigenvalue weighted by atomic mass is 9.77. The highest BCUT2D eigenvalue weighted by Gasteiger charge is 2.40. The molecule has 0 aromatic carbocycles. The van der Waals surface area contributed by atoms with Crippen molar-refractivity contribution in [2.45, 2.75) is 19.8 Å². The Labute approximate surface area is 106 Å². The minimum absolute atomic E-state index is 0.0532. The summed E-state index contributed by atoms with van der Waals surface area (Å²) in [7, 11) is 0. The summed E-state index contributed by atoms with van der Waals surface area (Å²) in [5, 5.41) is 3.68. The quantitative estimate of drug-likeness (QED) is 0.808. The zero-order valence-corrected chi connectivity index (χ0v) is 10.5. The number of ketones is 1. The van der Waals surface area contributed by atoms with Crippen LogP contribution in [0.15, 0.2) is 12.3 Å². The van der Waals surface area contributed by atoms with E-state index in [0.717, 1.165) is 19.4 Å². The highest BCUT2D eigenvalue weighted by atomic mass is 35.5. The molecule has 1 aromatic heterocycles. The molecule has 1 saturated heterocycles. The molecule has 1 aliphatic rings. The Bertz CT molecular complexity index is 441. The second-order valence-corrected chi connectivity index (χ2v) is 4.91. The lowest BCUT2D eigenvalue weighted by Crippen LogP contribution is -2.33. The number of Topliss-reactive ketones (excluding diaryl/α,β-unsaturated/α-hetero) is 1. The van der Waals surface area contributed by atoms with Crippen molar-refractivity contribution in [3.63, 3.8) is 0 Å². The zero-order chi connectivity index (χ0) is 12.5. The van der Waals surface area contributed by atoms with Crippen LogP contribution in [0.5, 0.6) is 0 Å². The van der Waals surface area contributed by atoms with Gasteiger partial charge in [0.05, 0.1) is 10.6 Å². The number of hydrogen-bond donors (Lipinski definition) is 2. The van der Waals surface area contributed by atoms with Crippen LogP contribution in [-0.4, -0.2) is 23.9 Å². The average molecular weight is 254 g/mol. The fraction of sp³-hybridized carbons (Fsp3) is 0.500. The molecule has 4 nitrogen and oxygen atoms in total. The molecule has 2 heterocycles. The molecule has 1 unspecified atom stereocenters. The molecule has 1 aliphatic heterocycles. The second kappa shape index (κ2) is 4.63. The van der Waals surface area contributed by atoms with Gasteiger partial charge in [0.15, 0.2) is 5.78 Å². The summed E-state index contributed by atoms with van der Waals surface area (Å²) in [6.45, 7) is 3.60. The monoisotopic (exact) mass is 253 g/mol. The van der Waals surface area contributed by atoms with E-state index in [4.69, 9.17) is 17.3 Å². The summed E-state index contributed by atoms with van der Waals surface area (Å²) < 4.78 is 0. The Kier molecular flexibility index (Phi) is 3.35. The van der Waals surface area contributed by atoms with Crippen LogP contribution in [-0.2, 0) is 0 Å². The zero-order valence-electron chi connectivity index (χ0n) is 9.79. The number of nitrogens with two attached hydrogens (primary N) is 1. The summed E-state index contributed by atoms with van der Waals surface area (Å²) in [5.41, 5.74) is 5.86. The number of hydrogen-bond acceptors (Lipinski definition) is 4. The molecule has 1 fully saturated rings. The number of anilines is 1. The number of pyridine rings is 1. The normalized spacial score (nSPS) is 23.9. The molecule has 1 atom stereocenters. The van der Waals surface area contributed by atoms with Crippen molar-refractivity contribution in [1.29, 1.82) is 0 Å². The fourth-order valence-corrected chi connectivity index (χ4v) is 2.48. The van der Waals surface area contributed by atoms with Crippen LogP contribution in [0.2, 0.25) is 5.02 Å². The van der Waals surface area contributed by atoms with E-state index in [9.17, 15) is 4.79 Å². The third-order valence-corrected chi connectivity index (χ3v) is 3.74. The maximum absolute atomic E-state index is 12.6. The van der Waals surface area contributed by atoms with E-state index in [1.165, 1.54) is 6.20 Å². The fourth-order valence-electron chi connectivity index (χ4n) is 2.32. The Hall–Kier alpha value is -1.13. The van der Waals surface area contributed by atoms with Gasteiger partial charge in [-0.25, -0.2) is 4.98 Å². The van der Waals surface area contributed by atoms with E-state index in [2.05, 4.69) is 10.3 Å². The van der Waals surface area contributed by atoms with Crippen LogP contribution in [0.25, 0.3) is 0 Å². The topological polar surface area (TPSA) is 68.0 Å². The van der Waals surface area contributed by atoms with E-state index in [-0.39, 0.29) is 17.0 Å². The van der Waals surface area contributed by atoms with E-state index in [1.807, 2.05) is 6.92 Å². The maximum Gasteiger partial charge on any atom is 0.174 e. The van der Waals surface area contributed by atoms with Crippen molar-refractivity contribution in [3.05, 3.63) is 22.8 Å². The molecule has 1 aromatic rings. The molecular formula is C12H16ClN3O. The first-order chi connectivity index (χ1) is 8.09. The minimum Gasteiger partial charge on any atom is -0.383 e. The molecule has 2 rings (SSSR count). The number of nitrogen functional groups attached to an aromatic ring is 1. The predicted octanol–water partition coefficient (Wildman–Crippen LogP) is 1.89. The van der Waals surface area contributed by atoms with Crippen molar-refractivity contribution >= 4 is 23.2 Å². The molecule has 0 bridgehead atoms. The lowest BCUT2D eigenvalue weighted by molar-refractivity contribution is 0.0811. The van der Waals surface area contributed by atoms with Crippen LogP contribution < -0.4 is 11.1 Å². The highest BCUT2D eigenvalue weighted by Crippen LogP contribution is 2.35. The standard InChI is InChI=1S/C12H16ClN3O/c1-2-12(3-4-15-7-12)10(17)9-5-8(13)6-16-11(9)14/h5-6,15H,2-4,7H2,1H3,(H2,14,16). The van der Waals surface area contributed by atoms with Crippen molar-refractivity contribution in [2.24, 2.45) is 5.41 Å². The molecule has 17 heavy (non-hydrogen) atoms. The van der Waals surface area contributed by atoms with Gasteiger partial charge in [0.25, 0.3) is 0 Å². The summed E-state index contributed by atoms with van der Waals surface area (Å²) in [6.07, 6.45) is 3.10. The smallest absolute Gasteiger partial charge is 0.174 e. The third kappa shape index (κ3) is 2.15. The Morgan fingerprint density at radius 3 is 3.06 bits per heavy atom. The summed E-state index contributed by atoms with van der Waals surface area (Å²) in [4.78, 5) is 16.5. The van der Waals surface area contributed by atoms with Crippen LogP contribution in [0.1, 0.15) is 30.1 Å². The first kappa shape index (κ1) is 12.3. The first-order valence-electron chi connectivity index (χ1n) is 5.75. The van der Waals surface area contributed by atoms with Crippen LogP contribution in [0.3, 0.4) is 0 Å². The largest absolute Gasteiger partial charge is 0.383 e. The average Bonchev–Trinajstić information content (AvgIpc) is 2.81. The molecule has 0 aliphatic carbocycles. The molecule has 0 saturated carbocycles. The van der Waals surface area contributed by atoms with Crippen LogP contribution in [0.4, 0.5) is 5.82 Å². The number of carbonyl (C=O) groups is 1. The van der Waals surface area contributed by atoms with E-state index in [1.54, 1.807) is 6.07 Å². The van der Waals surface area contributed by atoms with Gasteiger partial charge in [0.1, 0.15) is 5.82 Å². The predicted molar refractivity (Wildman–Crippen MR) is 68.2 cm³/mol. The van der Waals surface area contributed by atoms with Gasteiger partial charge in [-0.1, -0.05) is 18.5 Å². The van der Waals surface area contributed by atoms with Crippen LogP contribution >= 0.6 is 11.6 Å². The highest BCUT2D eigenvalue weighted by molar-refractivity contribution is 6.31. The maximum atomic E-state index is 12.6. The minimum atomic E-state index is -0.347. The van der Waals surface area contributed by atoms with Crippen molar-refractivity contribution < 1.29 is 4.79 Å². The Balaban J connectivity index is 2.39. The first-order valence-corrected chi connectivity index (χ1v) is 6.13. The van der Waals surface area contributed by atoms with Gasteiger partial charge in [0.2, 0.25) is 0 Å². The van der Waals surface area contributed by atoms with Gasteiger partial charge in [-0.2, -0.15) is 0 Å². The van der Waals surface area contributed by atoms with Gasteiger partial charge in [-0.05, 0) is 25.5 Å². The molecule has 0 radical (unpaired) electrons. The lowest BCUT2D eigenvalue weighted by Gasteiger charge is -2.25. The van der Waals surface area contributed by atoms with Crippen molar-refractivity contribution in [2.75, 3.05) is 18.8 Å². The molecule has 3 N–H and O–H groups in total. The third-order valence-electron chi connectivity index (χ3n) is 3.53. The summed E-state index contributed by atoms with van der Waals surface area (Å²) in [5.74, 6) is 0.316. The molecule has 5 heteroatoms. The second-order valence-electron chi connectivity index (χ2n) is 4.48. The van der Waals surface area contributed by atoms with Gasteiger partial charge < -0.3 is 11.1 Å². The van der Waals surface area contributed by atoms with Gasteiger partial charge in [-0.15, -0.1) is 0 Å². The van der Waals surface area contributed by atoms with Gasteiger partial charge in [0, 0.05) is 18.2 Å². The number of nitrogens with one attached hydrogen (secondary N) is 1. The van der Waals surface area contributed by atoms with E-state index < -0.39 is 0 Å². The van der Waals surface area contributed by atoms with Gasteiger partial charge >= 0.3 is 0 Å². The van der Waals surface area contributed by atoms with E-state index in [0.29, 0.717) is 17.1 Å². The molecule has 0 spiro atoms. The van der Waals surface area contributed by atoms with Crippen molar-refractivity contribution in [1.82, 2.24) is 10.3 Å². The van der Waals surface area contributed by atoms with Crippen LogP contribution in [0, 0.1) is 5.41 Å². The molecule has 92 valence electrons. The number of carbonyl (C=O) groups excluding carboxylic acids is 1. The molecule has 0 amide bonds. The number of aromatic nitrogens is 1. The molecular weight excluding hydrogens is 238 g/mol. The Morgan fingerprint density at radius 2 is 2.47 bits per heavy atom. The van der Waals surface area contributed by atoms with E-state index >= 15 is 0 Å². The SMILES string of the molecule is CCC1(C(=O)c2cc(Cl)cnc2N)CCNC1.